The molecule has 0 amide bonds. The first-order valence-electron chi connectivity index (χ1n) is 7.98. The maximum Gasteiger partial charge on any atom is 0.285 e. The van der Waals surface area contributed by atoms with Crippen molar-refractivity contribution in [2.24, 2.45) is 0 Å². The Morgan fingerprint density at radius 2 is 2.12 bits per heavy atom. The predicted molar refractivity (Wildman–Crippen MR) is 83.8 cm³/mol. The highest BCUT2D eigenvalue weighted by Gasteiger charge is 2.44. The molecule has 0 bridgehead atoms. The van der Waals surface area contributed by atoms with Crippen LogP contribution in [0, 0.1) is 0 Å². The number of anilines is 1. The molecular weight excluding hydrogens is 334 g/mol. The lowest BCUT2D eigenvalue weighted by Gasteiger charge is -2.28. The van der Waals surface area contributed by atoms with Gasteiger partial charge in [-0.2, -0.15) is 4.98 Å². The van der Waals surface area contributed by atoms with E-state index in [9.17, 15) is 25.2 Å². The maximum atomic E-state index is 12.6. The van der Waals surface area contributed by atoms with Gasteiger partial charge in [0, 0.05) is 12.5 Å². The minimum absolute atomic E-state index is 0.0110. The van der Waals surface area contributed by atoms with Crippen LogP contribution in [0.2, 0.25) is 0 Å². The Bertz CT molecular complexity index is 865. The van der Waals surface area contributed by atoms with E-state index in [-0.39, 0.29) is 23.2 Å². The normalized spacial score (nSPS) is 34.9. The molecule has 2 unspecified atom stereocenters. The summed E-state index contributed by atoms with van der Waals surface area (Å²) < 4.78 is 7.95. The Hall–Kier alpha value is -2.05. The summed E-state index contributed by atoms with van der Waals surface area (Å²) in [7, 11) is 0. The summed E-state index contributed by atoms with van der Waals surface area (Å²) in [6.07, 6.45) is -3.95. The average molecular weight is 353 g/mol. The molecule has 0 spiro atoms. The molecule has 0 aliphatic carbocycles. The highest BCUT2D eigenvalue weighted by Crippen LogP contribution is 2.31. The summed E-state index contributed by atoms with van der Waals surface area (Å²) in [5, 5.41) is 42.5. The standard InChI is InChI=1S/C14H19N5O6/c1-5-2-7(21)19-12(24)8-11(17-14(19)16-5)18(4-15-8)13-10(23)9(22)6(3-20)25-13/h4-7,9-10,13,20-23H,2-3H2,1H3,(H,16,17)/t5?,6-,7?,9-,10-,13-/m1/s1. The minimum atomic E-state index is -1.31. The van der Waals surface area contributed by atoms with Crippen molar-refractivity contribution in [3.8, 4) is 0 Å². The molecule has 2 aromatic rings. The number of rotatable bonds is 2. The minimum Gasteiger partial charge on any atom is -0.394 e. The molecule has 6 atom stereocenters. The molecule has 1 saturated heterocycles. The number of ether oxygens (including phenoxy) is 1. The second-order valence-electron chi connectivity index (χ2n) is 6.43. The molecule has 25 heavy (non-hydrogen) atoms. The largest absolute Gasteiger partial charge is 0.394 e. The van der Waals surface area contributed by atoms with E-state index in [1.807, 2.05) is 6.92 Å². The van der Waals surface area contributed by atoms with Gasteiger partial charge in [-0.15, -0.1) is 0 Å². The van der Waals surface area contributed by atoms with Gasteiger partial charge in [0.1, 0.15) is 24.5 Å². The number of hydrogen-bond donors (Lipinski definition) is 5. The van der Waals surface area contributed by atoms with Crippen molar-refractivity contribution in [3.63, 3.8) is 0 Å². The average Bonchev–Trinajstić information content (AvgIpc) is 3.09. The summed E-state index contributed by atoms with van der Waals surface area (Å²) in [6, 6.07) is -0.0790. The van der Waals surface area contributed by atoms with Crippen LogP contribution >= 0.6 is 0 Å². The summed E-state index contributed by atoms with van der Waals surface area (Å²) in [5.74, 6) is 0.192. The first-order chi connectivity index (χ1) is 11.9. The fraction of sp³-hybridized carbons (Fsp3) is 0.643. The fourth-order valence-corrected chi connectivity index (χ4v) is 3.36. The van der Waals surface area contributed by atoms with Gasteiger partial charge in [-0.05, 0) is 6.92 Å². The zero-order valence-corrected chi connectivity index (χ0v) is 13.3. The smallest absolute Gasteiger partial charge is 0.285 e. The Morgan fingerprint density at radius 3 is 2.80 bits per heavy atom. The molecule has 0 aromatic carbocycles. The van der Waals surface area contributed by atoms with Gasteiger partial charge in [0.05, 0.1) is 12.9 Å². The van der Waals surface area contributed by atoms with Crippen LogP contribution in [0.5, 0.6) is 0 Å². The van der Waals surface area contributed by atoms with Crippen molar-refractivity contribution in [3.05, 3.63) is 16.7 Å². The Balaban J connectivity index is 1.84. The van der Waals surface area contributed by atoms with Crippen molar-refractivity contribution in [2.75, 3.05) is 11.9 Å². The van der Waals surface area contributed by atoms with Gasteiger partial charge >= 0.3 is 0 Å². The lowest BCUT2D eigenvalue weighted by atomic mass is 10.1. The molecule has 136 valence electrons. The number of imidazole rings is 1. The van der Waals surface area contributed by atoms with Crippen LogP contribution in [0.4, 0.5) is 5.95 Å². The molecule has 2 aromatic heterocycles. The fourth-order valence-electron chi connectivity index (χ4n) is 3.36. The van der Waals surface area contributed by atoms with Crippen LogP contribution in [0.15, 0.2) is 11.1 Å². The van der Waals surface area contributed by atoms with Crippen molar-refractivity contribution < 1.29 is 25.2 Å². The van der Waals surface area contributed by atoms with Crippen LogP contribution in [0.1, 0.15) is 25.8 Å². The molecule has 0 radical (unpaired) electrons. The van der Waals surface area contributed by atoms with Crippen molar-refractivity contribution in [1.82, 2.24) is 19.1 Å². The first-order valence-corrected chi connectivity index (χ1v) is 7.98. The van der Waals surface area contributed by atoms with Crippen LogP contribution in [0.3, 0.4) is 0 Å². The van der Waals surface area contributed by atoms with E-state index in [1.165, 1.54) is 10.9 Å². The van der Waals surface area contributed by atoms with E-state index in [2.05, 4.69) is 15.3 Å². The van der Waals surface area contributed by atoms with Crippen molar-refractivity contribution in [1.29, 1.82) is 0 Å². The number of hydrogen-bond acceptors (Lipinski definition) is 9. The highest BCUT2D eigenvalue weighted by atomic mass is 16.6. The SMILES string of the molecule is CC1CC(O)n2c(nc3c(ncn3[C@@H]3O[C@H](CO)[C@@H](O)[C@H]3O)c2=O)N1. The molecule has 2 aliphatic rings. The molecule has 11 nitrogen and oxygen atoms in total. The second-order valence-corrected chi connectivity index (χ2v) is 6.43. The summed E-state index contributed by atoms with van der Waals surface area (Å²) >= 11 is 0. The molecular formula is C14H19N5O6. The number of nitrogens with one attached hydrogen (secondary N) is 1. The van der Waals surface area contributed by atoms with Gasteiger partial charge in [-0.3, -0.25) is 9.36 Å². The van der Waals surface area contributed by atoms with E-state index < -0.39 is 42.9 Å². The Labute approximate surface area is 141 Å². The predicted octanol–water partition coefficient (Wildman–Crippen LogP) is -2.10. The molecule has 11 heteroatoms. The number of nitrogens with zero attached hydrogens (tertiary/aromatic N) is 4. The summed E-state index contributed by atoms with van der Waals surface area (Å²) in [6.45, 7) is 1.39. The molecule has 2 aliphatic heterocycles. The third-order valence-corrected chi connectivity index (χ3v) is 4.66. The van der Waals surface area contributed by atoms with E-state index in [0.717, 1.165) is 4.57 Å². The first kappa shape index (κ1) is 16.4. The van der Waals surface area contributed by atoms with Gasteiger partial charge in [0.25, 0.3) is 5.56 Å². The third kappa shape index (κ3) is 2.35. The molecule has 4 rings (SSSR count). The molecule has 0 saturated carbocycles. The van der Waals surface area contributed by atoms with Gasteiger partial charge < -0.3 is 30.5 Å². The van der Waals surface area contributed by atoms with Crippen LogP contribution in [0.25, 0.3) is 11.2 Å². The molecule has 5 N–H and O–H groups in total. The number of aromatic nitrogens is 4. The lowest BCUT2D eigenvalue weighted by molar-refractivity contribution is -0.0511. The van der Waals surface area contributed by atoms with Crippen LogP contribution < -0.4 is 10.9 Å². The number of fused-ring (bicyclic) bond motifs is 2. The van der Waals surface area contributed by atoms with Gasteiger partial charge in [0.15, 0.2) is 17.4 Å². The summed E-state index contributed by atoms with van der Waals surface area (Å²) in [5.41, 5.74) is -0.353. The van der Waals surface area contributed by atoms with Gasteiger partial charge in [0.2, 0.25) is 5.95 Å². The zero-order valence-electron chi connectivity index (χ0n) is 13.3. The van der Waals surface area contributed by atoms with E-state index in [1.54, 1.807) is 0 Å². The lowest BCUT2D eigenvalue weighted by Crippen LogP contribution is -2.38. The Morgan fingerprint density at radius 1 is 1.36 bits per heavy atom. The van der Waals surface area contributed by atoms with E-state index >= 15 is 0 Å². The number of aliphatic hydroxyl groups excluding tert-OH is 4. The van der Waals surface area contributed by atoms with Crippen molar-refractivity contribution >= 4 is 17.1 Å². The Kier molecular flexibility index (Phi) is 3.77. The molecule has 1 fully saturated rings. The van der Waals surface area contributed by atoms with E-state index in [4.69, 9.17) is 4.74 Å². The topological polar surface area (TPSA) is 155 Å². The second kappa shape index (κ2) is 5.75. The van der Waals surface area contributed by atoms with Gasteiger partial charge in [-0.1, -0.05) is 0 Å². The highest BCUT2D eigenvalue weighted by molar-refractivity contribution is 5.71. The van der Waals surface area contributed by atoms with Gasteiger partial charge in [-0.25, -0.2) is 9.55 Å². The van der Waals surface area contributed by atoms with Crippen LogP contribution in [-0.4, -0.2) is 70.5 Å². The van der Waals surface area contributed by atoms with Crippen molar-refractivity contribution in [2.45, 2.75) is 50.2 Å². The van der Waals surface area contributed by atoms with Crippen LogP contribution in [-0.2, 0) is 4.74 Å². The zero-order chi connectivity index (χ0) is 17.9. The third-order valence-electron chi connectivity index (χ3n) is 4.66. The maximum absolute atomic E-state index is 12.6. The number of aliphatic hydroxyl groups is 4. The summed E-state index contributed by atoms with van der Waals surface area (Å²) in [4.78, 5) is 21.0. The molecule has 4 heterocycles. The quantitative estimate of drug-likeness (QED) is 0.408. The monoisotopic (exact) mass is 353 g/mol. The van der Waals surface area contributed by atoms with E-state index in [0.29, 0.717) is 6.42 Å².